The Balaban J connectivity index is 1.86. The van der Waals surface area contributed by atoms with E-state index in [0.717, 1.165) is 10.4 Å². The Labute approximate surface area is 102 Å². The average molecular weight is 253 g/mol. The summed E-state index contributed by atoms with van der Waals surface area (Å²) in [5.74, 6) is -0.442. The van der Waals surface area contributed by atoms with Crippen molar-refractivity contribution in [3.8, 4) is 0 Å². The number of nitrogens with zero attached hydrogens (tertiary/aromatic N) is 4. The molecule has 17 heavy (non-hydrogen) atoms. The Bertz CT molecular complexity index is 501. The van der Waals surface area contributed by atoms with Gasteiger partial charge in [0.1, 0.15) is 6.61 Å². The molecule has 0 saturated heterocycles. The van der Waals surface area contributed by atoms with Crippen molar-refractivity contribution in [2.45, 2.75) is 13.2 Å². The number of tetrazole rings is 1. The first-order valence-electron chi connectivity index (χ1n) is 4.85. The standard InChI is InChI=1S/C10H9ClN4O2/c11-9-4-2-1-3-8(9)6-17-10(16)5-15-13-7-12-14-15/h1-4,7H,5-6H2. The molecule has 0 N–H and O–H groups in total. The van der Waals surface area contributed by atoms with Gasteiger partial charge in [0, 0.05) is 10.6 Å². The number of benzene rings is 1. The molecule has 0 aliphatic heterocycles. The van der Waals surface area contributed by atoms with Crippen LogP contribution in [0.2, 0.25) is 5.02 Å². The second kappa shape index (κ2) is 5.40. The molecule has 0 spiro atoms. The number of halogens is 1. The van der Waals surface area contributed by atoms with Crippen molar-refractivity contribution in [1.82, 2.24) is 20.2 Å². The topological polar surface area (TPSA) is 69.9 Å². The van der Waals surface area contributed by atoms with Crippen molar-refractivity contribution >= 4 is 17.6 Å². The molecule has 0 radical (unpaired) electrons. The van der Waals surface area contributed by atoms with Crippen molar-refractivity contribution in [2.24, 2.45) is 0 Å². The molecule has 2 aromatic rings. The van der Waals surface area contributed by atoms with Gasteiger partial charge in [-0.3, -0.25) is 0 Å². The first-order valence-corrected chi connectivity index (χ1v) is 5.23. The smallest absolute Gasteiger partial charge is 0.330 e. The number of carbonyl (C=O) groups is 1. The van der Waals surface area contributed by atoms with Crippen LogP contribution in [0.1, 0.15) is 5.56 Å². The minimum Gasteiger partial charge on any atom is -0.459 e. The fraction of sp³-hybridized carbons (Fsp3) is 0.200. The summed E-state index contributed by atoms with van der Waals surface area (Å²) >= 11 is 5.92. The van der Waals surface area contributed by atoms with E-state index in [0.29, 0.717) is 5.02 Å². The number of ether oxygens (including phenoxy) is 1. The summed E-state index contributed by atoms with van der Waals surface area (Å²) in [5, 5.41) is 11.3. The molecule has 0 atom stereocenters. The molecule has 2 rings (SSSR count). The van der Waals surface area contributed by atoms with Crippen LogP contribution < -0.4 is 0 Å². The SMILES string of the molecule is O=C(Cn1ncnn1)OCc1ccccc1Cl. The summed E-state index contributed by atoms with van der Waals surface area (Å²) in [7, 11) is 0. The highest BCUT2D eigenvalue weighted by Crippen LogP contribution is 2.15. The summed E-state index contributed by atoms with van der Waals surface area (Å²) < 4.78 is 5.03. The van der Waals surface area contributed by atoms with Gasteiger partial charge in [0.15, 0.2) is 12.9 Å². The zero-order valence-corrected chi connectivity index (χ0v) is 9.54. The largest absolute Gasteiger partial charge is 0.459 e. The first-order chi connectivity index (χ1) is 8.25. The molecule has 1 heterocycles. The van der Waals surface area contributed by atoms with Gasteiger partial charge in [-0.05, 0) is 11.3 Å². The third-order valence-electron chi connectivity index (χ3n) is 2.01. The molecular weight excluding hydrogens is 244 g/mol. The van der Waals surface area contributed by atoms with Crippen LogP contribution in [0.15, 0.2) is 30.6 Å². The van der Waals surface area contributed by atoms with Gasteiger partial charge in [-0.2, -0.15) is 4.80 Å². The number of aromatic nitrogens is 4. The molecular formula is C10H9ClN4O2. The maximum atomic E-state index is 11.4. The molecule has 6 nitrogen and oxygen atoms in total. The zero-order valence-electron chi connectivity index (χ0n) is 8.78. The Morgan fingerprint density at radius 1 is 1.41 bits per heavy atom. The molecule has 0 fully saturated rings. The van der Waals surface area contributed by atoms with E-state index in [2.05, 4.69) is 15.4 Å². The Morgan fingerprint density at radius 3 is 2.94 bits per heavy atom. The molecule has 0 aliphatic rings. The van der Waals surface area contributed by atoms with E-state index < -0.39 is 5.97 Å². The number of hydrogen-bond donors (Lipinski definition) is 0. The van der Waals surface area contributed by atoms with Crippen LogP contribution in [-0.2, 0) is 22.7 Å². The lowest BCUT2D eigenvalue weighted by molar-refractivity contribution is -0.146. The van der Waals surface area contributed by atoms with E-state index in [-0.39, 0.29) is 13.2 Å². The number of hydrogen-bond acceptors (Lipinski definition) is 5. The monoisotopic (exact) mass is 252 g/mol. The molecule has 1 aromatic carbocycles. The van der Waals surface area contributed by atoms with Gasteiger partial charge in [0.2, 0.25) is 0 Å². The van der Waals surface area contributed by atoms with E-state index in [9.17, 15) is 4.79 Å². The Hall–Kier alpha value is -1.95. The average Bonchev–Trinajstić information content (AvgIpc) is 2.81. The summed E-state index contributed by atoms with van der Waals surface area (Å²) in [6, 6.07) is 7.17. The van der Waals surface area contributed by atoms with Crippen LogP contribution in [0.25, 0.3) is 0 Å². The molecule has 0 bridgehead atoms. The Kier molecular flexibility index (Phi) is 3.66. The van der Waals surface area contributed by atoms with E-state index in [1.54, 1.807) is 12.1 Å². The molecule has 0 saturated carbocycles. The zero-order chi connectivity index (χ0) is 12.1. The molecule has 0 aliphatic carbocycles. The summed E-state index contributed by atoms with van der Waals surface area (Å²) in [5.41, 5.74) is 0.758. The lowest BCUT2D eigenvalue weighted by Crippen LogP contribution is -2.15. The van der Waals surface area contributed by atoms with Gasteiger partial charge < -0.3 is 4.74 Å². The Morgan fingerprint density at radius 2 is 2.24 bits per heavy atom. The maximum absolute atomic E-state index is 11.4. The van der Waals surface area contributed by atoms with Crippen LogP contribution >= 0.6 is 11.6 Å². The van der Waals surface area contributed by atoms with Gasteiger partial charge in [0.05, 0.1) is 0 Å². The van der Waals surface area contributed by atoms with Crippen LogP contribution in [-0.4, -0.2) is 26.2 Å². The maximum Gasteiger partial charge on any atom is 0.330 e. The van der Waals surface area contributed by atoms with Gasteiger partial charge in [0.25, 0.3) is 0 Å². The third-order valence-corrected chi connectivity index (χ3v) is 2.38. The predicted octanol–water partition coefficient (Wildman–Crippen LogP) is 1.07. The van der Waals surface area contributed by atoms with Gasteiger partial charge in [-0.25, -0.2) is 4.79 Å². The van der Waals surface area contributed by atoms with Crippen molar-refractivity contribution in [1.29, 1.82) is 0 Å². The fourth-order valence-electron chi connectivity index (χ4n) is 1.20. The van der Waals surface area contributed by atoms with E-state index in [4.69, 9.17) is 16.3 Å². The van der Waals surface area contributed by atoms with Crippen molar-refractivity contribution < 1.29 is 9.53 Å². The molecule has 0 unspecified atom stereocenters. The number of esters is 1. The molecule has 0 amide bonds. The highest BCUT2D eigenvalue weighted by Gasteiger charge is 2.07. The summed E-state index contributed by atoms with van der Waals surface area (Å²) in [6.07, 6.45) is 1.25. The normalized spacial score (nSPS) is 10.2. The lowest BCUT2D eigenvalue weighted by Gasteiger charge is -2.05. The quantitative estimate of drug-likeness (QED) is 0.762. The minimum absolute atomic E-state index is 0.0650. The molecule has 1 aromatic heterocycles. The van der Waals surface area contributed by atoms with Gasteiger partial charge in [-0.1, -0.05) is 29.8 Å². The third kappa shape index (κ3) is 3.25. The van der Waals surface area contributed by atoms with Crippen LogP contribution in [0.5, 0.6) is 0 Å². The van der Waals surface area contributed by atoms with E-state index in [1.807, 2.05) is 12.1 Å². The summed E-state index contributed by atoms with van der Waals surface area (Å²) in [6.45, 7) is 0.0671. The number of rotatable bonds is 4. The molecule has 88 valence electrons. The van der Waals surface area contributed by atoms with Gasteiger partial charge >= 0.3 is 5.97 Å². The predicted molar refractivity (Wildman–Crippen MR) is 59.1 cm³/mol. The molecule has 7 heteroatoms. The van der Waals surface area contributed by atoms with Crippen LogP contribution in [0, 0.1) is 0 Å². The highest BCUT2D eigenvalue weighted by molar-refractivity contribution is 6.31. The first kappa shape index (κ1) is 11.5. The highest BCUT2D eigenvalue weighted by atomic mass is 35.5. The lowest BCUT2D eigenvalue weighted by atomic mass is 10.2. The second-order valence-electron chi connectivity index (χ2n) is 3.22. The van der Waals surface area contributed by atoms with Crippen LogP contribution in [0.4, 0.5) is 0 Å². The van der Waals surface area contributed by atoms with E-state index in [1.165, 1.54) is 6.33 Å². The fourth-order valence-corrected chi connectivity index (χ4v) is 1.39. The van der Waals surface area contributed by atoms with Crippen LogP contribution in [0.3, 0.4) is 0 Å². The van der Waals surface area contributed by atoms with Gasteiger partial charge in [-0.15, -0.1) is 10.2 Å². The minimum atomic E-state index is -0.442. The number of carbonyl (C=O) groups excluding carboxylic acids is 1. The van der Waals surface area contributed by atoms with E-state index >= 15 is 0 Å². The summed E-state index contributed by atoms with van der Waals surface area (Å²) in [4.78, 5) is 12.5. The van der Waals surface area contributed by atoms with Crippen molar-refractivity contribution in [2.75, 3.05) is 0 Å². The second-order valence-corrected chi connectivity index (χ2v) is 3.63. The van der Waals surface area contributed by atoms with Crippen molar-refractivity contribution in [3.05, 3.63) is 41.2 Å². The van der Waals surface area contributed by atoms with Crippen molar-refractivity contribution in [3.63, 3.8) is 0 Å².